The van der Waals surface area contributed by atoms with Gasteiger partial charge in [-0.3, -0.25) is 9.79 Å². The molecule has 0 bridgehead atoms. The minimum absolute atomic E-state index is 0. The van der Waals surface area contributed by atoms with Gasteiger partial charge in [0.1, 0.15) is 5.75 Å². The van der Waals surface area contributed by atoms with Gasteiger partial charge in [-0.2, -0.15) is 11.3 Å². The van der Waals surface area contributed by atoms with E-state index in [0.29, 0.717) is 24.3 Å². The van der Waals surface area contributed by atoms with E-state index in [9.17, 15) is 4.79 Å². The summed E-state index contributed by atoms with van der Waals surface area (Å²) in [6, 6.07) is 10.3. The molecule has 1 unspecified atom stereocenters. The fourth-order valence-corrected chi connectivity index (χ4v) is 3.50. The van der Waals surface area contributed by atoms with Crippen molar-refractivity contribution in [1.82, 2.24) is 16.0 Å². The maximum absolute atomic E-state index is 11.7. The zero-order chi connectivity index (χ0) is 19.8. The third-order valence-corrected chi connectivity index (χ3v) is 5.28. The van der Waals surface area contributed by atoms with Gasteiger partial charge < -0.3 is 20.7 Å². The molecular weight excluding hydrogens is 499 g/mol. The topological polar surface area (TPSA) is 74.8 Å². The maximum atomic E-state index is 11.7. The van der Waals surface area contributed by atoms with Crippen molar-refractivity contribution in [2.75, 3.05) is 20.2 Å². The van der Waals surface area contributed by atoms with Gasteiger partial charge in [0, 0.05) is 26.2 Å². The third kappa shape index (κ3) is 8.22. The van der Waals surface area contributed by atoms with Crippen LogP contribution in [-0.4, -0.2) is 38.1 Å². The van der Waals surface area contributed by atoms with Crippen LogP contribution in [0.5, 0.6) is 5.75 Å². The lowest BCUT2D eigenvalue weighted by molar-refractivity contribution is -0.123. The van der Waals surface area contributed by atoms with Gasteiger partial charge in [-0.05, 0) is 58.8 Å². The lowest BCUT2D eigenvalue weighted by atomic mass is 10.1. The van der Waals surface area contributed by atoms with E-state index in [0.717, 1.165) is 30.9 Å². The van der Waals surface area contributed by atoms with Crippen LogP contribution in [0.1, 0.15) is 36.8 Å². The Balaban J connectivity index is 0.00000300. The molecule has 1 aromatic heterocycles. The molecule has 0 spiro atoms. The Kier molecular flexibility index (Phi) is 9.72. The summed E-state index contributed by atoms with van der Waals surface area (Å²) >= 11 is 1.72. The highest BCUT2D eigenvalue weighted by molar-refractivity contribution is 14.0. The molecule has 1 saturated carbocycles. The molecule has 1 amide bonds. The largest absolute Gasteiger partial charge is 0.484 e. The third-order valence-electron chi connectivity index (χ3n) is 4.58. The molecule has 158 valence electrons. The van der Waals surface area contributed by atoms with Crippen molar-refractivity contribution < 1.29 is 9.53 Å². The fraction of sp³-hybridized carbons (Fsp3) is 0.429. The van der Waals surface area contributed by atoms with Crippen LogP contribution in [0.2, 0.25) is 0 Å². The van der Waals surface area contributed by atoms with Crippen molar-refractivity contribution in [2.45, 2.75) is 38.3 Å². The Morgan fingerprint density at radius 3 is 2.83 bits per heavy atom. The highest BCUT2D eigenvalue weighted by Crippen LogP contribution is 2.19. The van der Waals surface area contributed by atoms with E-state index in [2.05, 4.69) is 44.7 Å². The van der Waals surface area contributed by atoms with Crippen molar-refractivity contribution in [3.8, 4) is 5.75 Å². The van der Waals surface area contributed by atoms with Crippen LogP contribution in [0.3, 0.4) is 0 Å². The molecule has 1 aliphatic carbocycles. The van der Waals surface area contributed by atoms with Gasteiger partial charge in [-0.15, -0.1) is 24.0 Å². The van der Waals surface area contributed by atoms with E-state index in [4.69, 9.17) is 4.74 Å². The van der Waals surface area contributed by atoms with Gasteiger partial charge in [0.05, 0.1) is 0 Å². The normalized spacial score (nSPS) is 14.5. The van der Waals surface area contributed by atoms with E-state index in [1.165, 1.54) is 5.56 Å². The van der Waals surface area contributed by atoms with E-state index >= 15 is 0 Å². The first-order chi connectivity index (χ1) is 13.6. The Hall–Kier alpha value is -1.81. The van der Waals surface area contributed by atoms with Crippen molar-refractivity contribution in [3.63, 3.8) is 0 Å². The minimum atomic E-state index is -0.0598. The van der Waals surface area contributed by atoms with Gasteiger partial charge in [-0.25, -0.2) is 0 Å². The first-order valence-corrected chi connectivity index (χ1v) is 10.6. The van der Waals surface area contributed by atoms with Crippen molar-refractivity contribution in [2.24, 2.45) is 4.99 Å². The smallest absolute Gasteiger partial charge is 0.258 e. The number of rotatable bonds is 9. The van der Waals surface area contributed by atoms with E-state index in [1.54, 1.807) is 18.4 Å². The summed E-state index contributed by atoms with van der Waals surface area (Å²) < 4.78 is 5.61. The monoisotopic (exact) mass is 528 g/mol. The van der Waals surface area contributed by atoms with Gasteiger partial charge >= 0.3 is 0 Å². The highest BCUT2D eigenvalue weighted by atomic mass is 127. The summed E-state index contributed by atoms with van der Waals surface area (Å²) in [6.45, 7) is 3.69. The van der Waals surface area contributed by atoms with Crippen LogP contribution in [0.4, 0.5) is 0 Å². The second kappa shape index (κ2) is 12.0. The predicted molar refractivity (Wildman–Crippen MR) is 129 cm³/mol. The summed E-state index contributed by atoms with van der Waals surface area (Å²) in [7, 11) is 1.77. The van der Waals surface area contributed by atoms with Crippen molar-refractivity contribution in [3.05, 3.63) is 52.2 Å². The Morgan fingerprint density at radius 2 is 2.14 bits per heavy atom. The minimum Gasteiger partial charge on any atom is -0.484 e. The molecule has 0 saturated heterocycles. The second-order valence-corrected chi connectivity index (χ2v) is 7.82. The van der Waals surface area contributed by atoms with E-state index in [-0.39, 0.29) is 36.5 Å². The molecule has 29 heavy (non-hydrogen) atoms. The number of guanidine groups is 1. The molecule has 1 aromatic carbocycles. The Bertz CT molecular complexity index is 794. The van der Waals surface area contributed by atoms with Crippen LogP contribution in [0, 0.1) is 0 Å². The summed E-state index contributed by atoms with van der Waals surface area (Å²) in [4.78, 5) is 16.0. The molecule has 1 fully saturated rings. The van der Waals surface area contributed by atoms with Crippen LogP contribution >= 0.6 is 35.3 Å². The van der Waals surface area contributed by atoms with E-state index in [1.807, 2.05) is 24.3 Å². The van der Waals surface area contributed by atoms with E-state index < -0.39 is 0 Å². The standard InChI is InChI=1S/C21H28N4O2S.HI/c1-15(17-8-9-28-14-17)11-23-21(22-2)24-12-16-4-3-5-19(10-16)27-13-20(26)25-18-6-7-18;/h3-5,8-10,14-15,18H,6-7,11-13H2,1-2H3,(H,25,26)(H2,22,23,24);1H. The summed E-state index contributed by atoms with van der Waals surface area (Å²) in [5.74, 6) is 1.81. The van der Waals surface area contributed by atoms with Gasteiger partial charge in [0.25, 0.3) is 5.91 Å². The first kappa shape index (κ1) is 23.5. The number of halogens is 1. The molecule has 3 rings (SSSR count). The molecule has 3 N–H and O–H groups in total. The summed E-state index contributed by atoms with van der Waals surface area (Å²) in [6.07, 6.45) is 2.16. The quantitative estimate of drug-likeness (QED) is 0.265. The number of nitrogens with zero attached hydrogens (tertiary/aromatic N) is 1. The molecule has 8 heteroatoms. The van der Waals surface area contributed by atoms with Crippen LogP contribution in [0.25, 0.3) is 0 Å². The maximum Gasteiger partial charge on any atom is 0.258 e. The zero-order valence-electron chi connectivity index (χ0n) is 16.8. The molecular formula is C21H29IN4O2S. The number of hydrogen-bond acceptors (Lipinski definition) is 4. The van der Waals surface area contributed by atoms with Crippen LogP contribution in [0.15, 0.2) is 46.1 Å². The number of carbonyl (C=O) groups is 1. The number of ether oxygens (including phenoxy) is 1. The highest BCUT2D eigenvalue weighted by Gasteiger charge is 2.23. The molecule has 0 radical (unpaired) electrons. The Labute approximate surface area is 193 Å². The molecule has 1 aliphatic rings. The number of nitrogens with one attached hydrogen (secondary N) is 3. The number of thiophene rings is 1. The number of carbonyl (C=O) groups excluding carboxylic acids is 1. The Morgan fingerprint density at radius 1 is 1.31 bits per heavy atom. The fourth-order valence-electron chi connectivity index (χ4n) is 2.72. The average molecular weight is 528 g/mol. The van der Waals surface area contributed by atoms with Crippen molar-refractivity contribution >= 4 is 47.2 Å². The number of amides is 1. The van der Waals surface area contributed by atoms with Crippen LogP contribution < -0.4 is 20.7 Å². The second-order valence-electron chi connectivity index (χ2n) is 7.04. The number of benzene rings is 1. The van der Waals surface area contributed by atoms with Crippen LogP contribution in [-0.2, 0) is 11.3 Å². The number of hydrogen-bond donors (Lipinski definition) is 3. The van der Waals surface area contributed by atoms with Gasteiger partial charge in [0.15, 0.2) is 12.6 Å². The summed E-state index contributed by atoms with van der Waals surface area (Å²) in [5.41, 5.74) is 2.40. The number of aliphatic imine (C=N–C) groups is 1. The molecule has 6 nitrogen and oxygen atoms in total. The lowest BCUT2D eigenvalue weighted by Gasteiger charge is -2.16. The predicted octanol–water partition coefficient (Wildman–Crippen LogP) is 3.49. The van der Waals surface area contributed by atoms with Gasteiger partial charge in [-0.1, -0.05) is 19.1 Å². The zero-order valence-corrected chi connectivity index (χ0v) is 20.0. The molecule has 0 aliphatic heterocycles. The van der Waals surface area contributed by atoms with Gasteiger partial charge in [0.2, 0.25) is 0 Å². The molecule has 1 atom stereocenters. The molecule has 2 aromatic rings. The van der Waals surface area contributed by atoms with Crippen molar-refractivity contribution in [1.29, 1.82) is 0 Å². The average Bonchev–Trinajstić information content (AvgIpc) is 3.34. The lowest BCUT2D eigenvalue weighted by Crippen LogP contribution is -2.38. The summed E-state index contributed by atoms with van der Waals surface area (Å²) in [5, 5.41) is 13.9. The molecule has 1 heterocycles. The first-order valence-electron chi connectivity index (χ1n) is 9.61. The SMILES string of the molecule is CN=C(NCc1cccc(OCC(=O)NC2CC2)c1)NCC(C)c1ccsc1.I.